The molecule has 0 spiro atoms. The molecule has 25 heavy (non-hydrogen) atoms. The molecule has 2 aromatic rings. The second-order valence-electron chi connectivity index (χ2n) is 7.33. The summed E-state index contributed by atoms with van der Waals surface area (Å²) in [5.41, 5.74) is 2.10. The Bertz CT molecular complexity index is 830. The van der Waals surface area contributed by atoms with Crippen molar-refractivity contribution >= 4 is 17.2 Å². The predicted octanol–water partition coefficient (Wildman–Crippen LogP) is 3.31. The van der Waals surface area contributed by atoms with Gasteiger partial charge in [-0.15, -0.1) is 11.3 Å². The van der Waals surface area contributed by atoms with Gasteiger partial charge in [-0.2, -0.15) is 0 Å². The molecule has 0 radical (unpaired) electrons. The van der Waals surface area contributed by atoms with E-state index in [0.29, 0.717) is 13.0 Å². The predicted molar refractivity (Wildman–Crippen MR) is 96.7 cm³/mol. The van der Waals surface area contributed by atoms with Crippen LogP contribution in [0.15, 0.2) is 23.6 Å². The van der Waals surface area contributed by atoms with Crippen LogP contribution in [0.5, 0.6) is 5.75 Å². The molecule has 2 aliphatic rings. The monoisotopic (exact) mass is 358 g/mol. The van der Waals surface area contributed by atoms with E-state index in [1.54, 1.807) is 11.3 Å². The average Bonchev–Trinajstić information content (AvgIpc) is 3.17. The Balaban J connectivity index is 1.83. The standard InChI is InChI=1S/C19H22N2O3S/c1-11-10-25-18(20-11)12-6-7-14-13(9-12)16(17(23)19(2,3)24-14)21-8-4-5-15(21)22/h6-7,9-10,16-17,23H,4-5,8H2,1-3H3/t16-,17+/m1/s1. The molecule has 6 heteroatoms. The van der Waals surface area contributed by atoms with Crippen LogP contribution in [0.2, 0.25) is 0 Å². The molecule has 132 valence electrons. The number of fused-ring (bicyclic) bond motifs is 1. The number of aliphatic hydroxyl groups is 1. The lowest BCUT2D eigenvalue weighted by Crippen LogP contribution is -2.53. The van der Waals surface area contributed by atoms with Crippen LogP contribution in [0.3, 0.4) is 0 Å². The number of carbonyl (C=O) groups excluding carboxylic acids is 1. The van der Waals surface area contributed by atoms with Gasteiger partial charge in [0.05, 0.1) is 6.04 Å². The van der Waals surface area contributed by atoms with Gasteiger partial charge >= 0.3 is 0 Å². The highest BCUT2D eigenvalue weighted by molar-refractivity contribution is 7.13. The first-order valence-electron chi connectivity index (χ1n) is 8.60. The van der Waals surface area contributed by atoms with Crippen LogP contribution in [-0.4, -0.2) is 39.1 Å². The Kier molecular flexibility index (Phi) is 3.85. The highest BCUT2D eigenvalue weighted by atomic mass is 32.1. The van der Waals surface area contributed by atoms with Crippen LogP contribution in [0.1, 0.15) is 44.0 Å². The third kappa shape index (κ3) is 2.73. The van der Waals surface area contributed by atoms with Crippen molar-refractivity contribution in [3.8, 4) is 16.3 Å². The van der Waals surface area contributed by atoms with Gasteiger partial charge in [0.1, 0.15) is 22.5 Å². The molecule has 2 aliphatic heterocycles. The first-order chi connectivity index (χ1) is 11.9. The van der Waals surface area contributed by atoms with Crippen molar-refractivity contribution in [2.75, 3.05) is 6.54 Å². The molecule has 0 bridgehead atoms. The van der Waals surface area contributed by atoms with Gasteiger partial charge in [-0.05, 0) is 45.4 Å². The average molecular weight is 358 g/mol. The molecule has 2 atom stereocenters. The molecule has 1 aromatic heterocycles. The normalized spacial score (nSPS) is 25.0. The molecule has 1 saturated heterocycles. The fourth-order valence-electron chi connectivity index (χ4n) is 3.69. The van der Waals surface area contributed by atoms with E-state index in [-0.39, 0.29) is 11.9 Å². The summed E-state index contributed by atoms with van der Waals surface area (Å²) in [6, 6.07) is 5.56. The summed E-state index contributed by atoms with van der Waals surface area (Å²) < 4.78 is 6.05. The third-order valence-electron chi connectivity index (χ3n) is 5.02. The van der Waals surface area contributed by atoms with Crippen LogP contribution in [-0.2, 0) is 4.79 Å². The number of thiazole rings is 1. The van der Waals surface area contributed by atoms with Crippen molar-refractivity contribution in [2.45, 2.75) is 51.4 Å². The van der Waals surface area contributed by atoms with Gasteiger partial charge in [0.15, 0.2) is 0 Å². The number of amides is 1. The fraction of sp³-hybridized carbons (Fsp3) is 0.474. The number of carbonyl (C=O) groups is 1. The second-order valence-corrected chi connectivity index (χ2v) is 8.19. The van der Waals surface area contributed by atoms with Gasteiger partial charge in [-0.3, -0.25) is 4.79 Å². The molecule has 5 nitrogen and oxygen atoms in total. The fourth-order valence-corrected chi connectivity index (χ4v) is 4.48. The molecule has 3 heterocycles. The number of aryl methyl sites for hydroxylation is 1. The molecule has 4 rings (SSSR count). The number of benzene rings is 1. The zero-order valence-electron chi connectivity index (χ0n) is 14.7. The highest BCUT2D eigenvalue weighted by Gasteiger charge is 2.47. The number of nitrogens with zero attached hydrogens (tertiary/aromatic N) is 2. The lowest BCUT2D eigenvalue weighted by atomic mass is 9.85. The Morgan fingerprint density at radius 2 is 2.20 bits per heavy atom. The zero-order chi connectivity index (χ0) is 17.8. The van der Waals surface area contributed by atoms with E-state index in [4.69, 9.17) is 4.74 Å². The molecule has 1 N–H and O–H groups in total. The summed E-state index contributed by atoms with van der Waals surface area (Å²) >= 11 is 1.59. The quantitative estimate of drug-likeness (QED) is 0.895. The molecular formula is C19H22N2O3S. The van der Waals surface area contributed by atoms with Crippen molar-refractivity contribution in [1.29, 1.82) is 0 Å². The molecule has 0 aliphatic carbocycles. The maximum absolute atomic E-state index is 12.4. The Labute approximate surface area is 151 Å². The summed E-state index contributed by atoms with van der Waals surface area (Å²) in [4.78, 5) is 18.7. The molecule has 1 aromatic carbocycles. The Morgan fingerprint density at radius 1 is 1.40 bits per heavy atom. The Hall–Kier alpha value is -1.92. The van der Waals surface area contributed by atoms with Crippen molar-refractivity contribution in [3.05, 3.63) is 34.8 Å². The third-order valence-corrected chi connectivity index (χ3v) is 6.03. The van der Waals surface area contributed by atoms with Gasteiger partial charge in [0.25, 0.3) is 0 Å². The van der Waals surface area contributed by atoms with E-state index in [2.05, 4.69) is 4.98 Å². The van der Waals surface area contributed by atoms with E-state index < -0.39 is 11.7 Å². The van der Waals surface area contributed by atoms with Crippen LogP contribution in [0, 0.1) is 6.92 Å². The Morgan fingerprint density at radius 3 is 2.84 bits per heavy atom. The van der Waals surface area contributed by atoms with E-state index in [0.717, 1.165) is 34.0 Å². The zero-order valence-corrected chi connectivity index (χ0v) is 15.5. The lowest BCUT2D eigenvalue weighted by molar-refractivity contribution is -0.139. The van der Waals surface area contributed by atoms with E-state index in [9.17, 15) is 9.90 Å². The van der Waals surface area contributed by atoms with Gasteiger partial charge in [0.2, 0.25) is 5.91 Å². The molecule has 0 unspecified atom stereocenters. The number of rotatable bonds is 2. The summed E-state index contributed by atoms with van der Waals surface area (Å²) in [5, 5.41) is 13.9. The minimum absolute atomic E-state index is 0.100. The van der Waals surface area contributed by atoms with E-state index >= 15 is 0 Å². The SMILES string of the molecule is Cc1csc(-c2ccc3c(c2)[C@@H](N2CCCC2=O)[C@H](O)C(C)(C)O3)n1. The van der Waals surface area contributed by atoms with Crippen LogP contribution >= 0.6 is 11.3 Å². The largest absolute Gasteiger partial charge is 0.485 e. The number of hydrogen-bond donors (Lipinski definition) is 1. The van der Waals surface area contributed by atoms with Crippen LogP contribution in [0.4, 0.5) is 0 Å². The summed E-state index contributed by atoms with van der Waals surface area (Å²) in [7, 11) is 0. The van der Waals surface area contributed by atoms with Gasteiger partial charge < -0.3 is 14.7 Å². The summed E-state index contributed by atoms with van der Waals surface area (Å²) in [5.74, 6) is 0.834. The number of ether oxygens (including phenoxy) is 1. The molecule has 0 saturated carbocycles. The first-order valence-corrected chi connectivity index (χ1v) is 9.48. The lowest BCUT2D eigenvalue weighted by Gasteiger charge is -2.45. The number of aliphatic hydroxyl groups excluding tert-OH is 1. The van der Waals surface area contributed by atoms with Gasteiger partial charge in [-0.25, -0.2) is 4.98 Å². The van der Waals surface area contributed by atoms with Gasteiger partial charge in [0, 0.05) is 35.2 Å². The molecule has 1 fully saturated rings. The second kappa shape index (κ2) is 5.81. The summed E-state index contributed by atoms with van der Waals surface area (Å²) in [6.07, 6.45) is 0.602. The maximum atomic E-state index is 12.4. The van der Waals surface area contributed by atoms with Crippen LogP contribution < -0.4 is 4.74 Å². The van der Waals surface area contributed by atoms with E-state index in [1.807, 2.05) is 49.3 Å². The van der Waals surface area contributed by atoms with Crippen LogP contribution in [0.25, 0.3) is 10.6 Å². The number of likely N-dealkylation sites (tertiary alicyclic amines) is 1. The van der Waals surface area contributed by atoms with E-state index in [1.165, 1.54) is 0 Å². The smallest absolute Gasteiger partial charge is 0.223 e. The minimum atomic E-state index is -0.782. The van der Waals surface area contributed by atoms with Crippen molar-refractivity contribution in [1.82, 2.24) is 9.88 Å². The van der Waals surface area contributed by atoms with Gasteiger partial charge in [-0.1, -0.05) is 0 Å². The topological polar surface area (TPSA) is 62.7 Å². The van der Waals surface area contributed by atoms with Crippen molar-refractivity contribution < 1.29 is 14.6 Å². The summed E-state index contributed by atoms with van der Waals surface area (Å²) in [6.45, 7) is 6.38. The molecule has 1 amide bonds. The number of aromatic nitrogens is 1. The van der Waals surface area contributed by atoms with Crippen molar-refractivity contribution in [2.24, 2.45) is 0 Å². The minimum Gasteiger partial charge on any atom is -0.485 e. The number of hydrogen-bond acceptors (Lipinski definition) is 5. The maximum Gasteiger partial charge on any atom is 0.223 e. The first kappa shape index (κ1) is 16.5. The highest BCUT2D eigenvalue weighted by Crippen LogP contribution is 2.45. The van der Waals surface area contributed by atoms with Crippen molar-refractivity contribution in [3.63, 3.8) is 0 Å². The molecular weight excluding hydrogens is 336 g/mol.